The Kier molecular flexibility index (Phi) is 40.8. The molecule has 0 saturated carbocycles. The van der Waals surface area contributed by atoms with E-state index in [1.54, 1.807) is 13.8 Å². The molecule has 29 heteroatoms. The summed E-state index contributed by atoms with van der Waals surface area (Å²) in [7, 11) is 0. The van der Waals surface area contributed by atoms with Gasteiger partial charge in [-0.15, -0.1) is 22.7 Å². The van der Waals surface area contributed by atoms with Crippen molar-refractivity contribution in [2.75, 3.05) is 142 Å². The maximum Gasteiger partial charge on any atom is 1.00 e. The second-order valence-corrected chi connectivity index (χ2v) is 22.5. The van der Waals surface area contributed by atoms with Gasteiger partial charge in [0.25, 0.3) is 0 Å². The Hall–Kier alpha value is -8.76. The number of aliphatic hydroxyl groups excluding tert-OH is 1. The Morgan fingerprint density at radius 1 is 0.556 bits per heavy atom. The van der Waals surface area contributed by atoms with Crippen LogP contribution in [0.5, 0.6) is 0 Å². The van der Waals surface area contributed by atoms with E-state index in [1.165, 1.54) is 28.2 Å². The molecule has 6 aromatic rings. The van der Waals surface area contributed by atoms with Gasteiger partial charge in [-0.25, -0.2) is 28.9 Å². The third-order valence-corrected chi connectivity index (χ3v) is 15.6. The first-order chi connectivity index (χ1) is 47.7. The van der Waals surface area contributed by atoms with Gasteiger partial charge in [0.2, 0.25) is 16.4 Å². The number of carbonyl (C=O) groups excluding carboxylic acids is 4. The molecule has 0 radical (unpaired) electrons. The van der Waals surface area contributed by atoms with E-state index < -0.39 is 23.9 Å². The van der Waals surface area contributed by atoms with E-state index in [0.29, 0.717) is 179 Å². The Morgan fingerprint density at radius 2 is 0.960 bits per heavy atom. The average Bonchev–Trinajstić information content (AvgIpc) is 1.56. The summed E-state index contributed by atoms with van der Waals surface area (Å²) >= 11 is 2.36. The van der Waals surface area contributed by atoms with Crippen LogP contribution < -0.4 is 44.5 Å². The number of carboxylic acid groups (broad SMARTS) is 1. The van der Waals surface area contributed by atoms with Gasteiger partial charge in [0.05, 0.1) is 154 Å². The van der Waals surface area contributed by atoms with Crippen molar-refractivity contribution in [3.8, 4) is 6.07 Å². The number of anilines is 2. The molecular formula is C70H77N10NaO16S2. The SMILES string of the molecule is O=C1C=CC(=O)O1.[C-]#[N+]c1c(N=Nc2ccc(N(CCOCCOCCOCCOCCOC(=O)/C=C\C(=O)[O-])Cc3ccccc3)cc2C)sc(C#N)c1C.[C-]#[N+]c1sc(N=Nc2ccc(N(CCOCCOCCOCCOCCO)Cc3ccccc3)cc2C)c([N+]#[C-])c1C.[Na+]. The fraction of sp³-hybridized carbons (Fsp3) is 0.371. The van der Waals surface area contributed by atoms with Gasteiger partial charge < -0.3 is 72.2 Å². The fourth-order valence-electron chi connectivity index (χ4n) is 8.51. The summed E-state index contributed by atoms with van der Waals surface area (Å²) in [5, 5.41) is 47.0. The summed E-state index contributed by atoms with van der Waals surface area (Å²) in [5.41, 5.74) is 9.70. The maximum absolute atomic E-state index is 11.2. The number of nitrogens with zero attached hydrogens (tertiary/aromatic N) is 10. The monoisotopic (exact) mass is 1400 g/mol. The van der Waals surface area contributed by atoms with Crippen LogP contribution in [0.25, 0.3) is 14.5 Å². The number of aliphatic hydroxyl groups is 1. The van der Waals surface area contributed by atoms with Gasteiger partial charge in [0.15, 0.2) is 0 Å². The zero-order chi connectivity index (χ0) is 70.5. The minimum atomic E-state index is -1.47. The number of azo groups is 2. The van der Waals surface area contributed by atoms with E-state index in [1.807, 2.05) is 74.5 Å². The molecule has 0 aliphatic carbocycles. The average molecular weight is 1400 g/mol. The Bertz CT molecular complexity index is 3770. The number of hydrogen-bond acceptors (Lipinski definition) is 25. The van der Waals surface area contributed by atoms with E-state index in [9.17, 15) is 29.5 Å². The number of cyclic esters (lactones) is 2. The molecule has 7 rings (SSSR count). The quantitative estimate of drug-likeness (QED) is 0.00713. The van der Waals surface area contributed by atoms with Crippen LogP contribution in [0.15, 0.2) is 142 Å². The molecular weight excluding hydrogens is 1320 g/mol. The molecule has 2 aromatic heterocycles. The smallest absolute Gasteiger partial charge is 0.545 e. The predicted octanol–water partition coefficient (Wildman–Crippen LogP) is 8.70. The number of thiophene rings is 2. The Labute approximate surface area is 606 Å². The molecule has 0 spiro atoms. The molecule has 1 aliphatic rings. The molecule has 3 heterocycles. The van der Waals surface area contributed by atoms with Crippen LogP contribution in [-0.4, -0.2) is 161 Å². The van der Waals surface area contributed by atoms with Crippen molar-refractivity contribution >= 4 is 95.7 Å². The second kappa shape index (κ2) is 48.9. The Balaban J connectivity index is 0.000000381. The van der Waals surface area contributed by atoms with Crippen molar-refractivity contribution in [3.63, 3.8) is 0 Å². The van der Waals surface area contributed by atoms with Crippen LogP contribution in [0.1, 0.15) is 38.3 Å². The van der Waals surface area contributed by atoms with Crippen LogP contribution >= 0.6 is 22.7 Å². The number of esters is 3. The van der Waals surface area contributed by atoms with Gasteiger partial charge >= 0.3 is 47.5 Å². The van der Waals surface area contributed by atoms with Crippen molar-refractivity contribution in [2.24, 2.45) is 20.5 Å². The standard InChI is InChI=1S/C35H39N5O8S.C31H37N5O5S.C4H2O3.Na/c1-26-23-29(9-10-30(26)38-39-35-34(37-3)27(2)31(24-36)49-35)40(25-28-7-5-4-6-8-28)13-14-44-15-16-45-17-18-46-19-20-47-21-22-48-33(43)12-11-32(41)42;1-24-22-27(10-11-28(24)34-35-31-29(32-3)25(2)30(33-4)42-31)36(23-26-8-6-5-7-9-26)12-14-38-16-18-40-20-21-41-19-17-39-15-13-37;5-3-1-2-4(6)7-3;/h4-12,23H,13-22,25H2,1-2H3,(H,41,42);5-11,22,37H,12-21,23H2,1-2H3;1-2H;/q;;;+1/p-1/b12-11-,39-38?;;;. The van der Waals surface area contributed by atoms with Crippen molar-refractivity contribution in [3.05, 3.63) is 194 Å². The number of rotatable bonds is 41. The van der Waals surface area contributed by atoms with E-state index in [2.05, 4.69) is 92.0 Å². The fourth-order valence-corrected chi connectivity index (χ4v) is 10.2. The third-order valence-electron chi connectivity index (χ3n) is 13.5. The van der Waals surface area contributed by atoms with E-state index >= 15 is 0 Å². The molecule has 99 heavy (non-hydrogen) atoms. The van der Waals surface area contributed by atoms with Crippen LogP contribution in [0.2, 0.25) is 0 Å². The molecule has 0 bridgehead atoms. The second-order valence-electron chi connectivity index (χ2n) is 20.5. The zero-order valence-electron chi connectivity index (χ0n) is 56.0. The van der Waals surface area contributed by atoms with Crippen LogP contribution in [0, 0.1) is 58.7 Å². The summed E-state index contributed by atoms with van der Waals surface area (Å²) in [6.45, 7) is 39.1. The van der Waals surface area contributed by atoms with Crippen molar-refractivity contribution in [1.82, 2.24) is 0 Å². The van der Waals surface area contributed by atoms with Gasteiger partial charge in [0, 0.05) is 55.8 Å². The number of aryl methyl sites for hydroxylation is 2. The van der Waals surface area contributed by atoms with Crippen molar-refractivity contribution < 1.29 is 106 Å². The van der Waals surface area contributed by atoms with Crippen LogP contribution in [0.4, 0.5) is 49.1 Å². The predicted molar refractivity (Wildman–Crippen MR) is 366 cm³/mol. The normalized spacial score (nSPS) is 11.4. The molecule has 26 nitrogen and oxygen atoms in total. The number of ether oxygens (including phenoxy) is 10. The summed E-state index contributed by atoms with van der Waals surface area (Å²) in [5.74, 6) is -3.41. The number of hydrogen-bond donors (Lipinski definition) is 1. The first-order valence-electron chi connectivity index (χ1n) is 30.8. The zero-order valence-corrected chi connectivity index (χ0v) is 59.6. The van der Waals surface area contributed by atoms with Gasteiger partial charge in [-0.1, -0.05) is 67.6 Å². The van der Waals surface area contributed by atoms with E-state index in [4.69, 9.17) is 67.5 Å². The first kappa shape index (κ1) is 82.7. The molecule has 1 aliphatic heterocycles. The maximum atomic E-state index is 11.2. The summed E-state index contributed by atoms with van der Waals surface area (Å²) in [6.07, 6.45) is 3.55. The van der Waals surface area contributed by atoms with Crippen molar-refractivity contribution in [2.45, 2.75) is 40.8 Å². The first-order valence-corrected chi connectivity index (χ1v) is 32.5. The molecule has 0 saturated heterocycles. The molecule has 1 N–H and O–H groups in total. The van der Waals surface area contributed by atoms with Crippen LogP contribution in [0.3, 0.4) is 0 Å². The molecule has 0 unspecified atom stereocenters. The Morgan fingerprint density at radius 3 is 1.33 bits per heavy atom. The van der Waals surface area contributed by atoms with Gasteiger partial charge in [0.1, 0.15) is 22.7 Å². The molecule has 0 amide bonds. The molecule has 0 fully saturated rings. The van der Waals surface area contributed by atoms with Gasteiger partial charge in [-0.3, -0.25) is 0 Å². The largest absolute Gasteiger partial charge is 1.00 e. The van der Waals surface area contributed by atoms with Crippen LogP contribution in [-0.2, 0) is 79.6 Å². The number of nitriles is 1. The van der Waals surface area contributed by atoms with Crippen molar-refractivity contribution in [1.29, 1.82) is 5.26 Å². The minimum Gasteiger partial charge on any atom is -0.545 e. The van der Waals surface area contributed by atoms with Gasteiger partial charge in [-0.05, 0) is 96.6 Å². The number of benzene rings is 4. The topological polar surface area (TPSA) is 297 Å². The summed E-state index contributed by atoms with van der Waals surface area (Å²) < 4.78 is 52.8. The molecule has 516 valence electrons. The number of carbonyl (C=O) groups is 4. The number of aliphatic carboxylic acids is 1. The number of carboxylic acids is 1. The molecule has 4 aromatic carbocycles. The van der Waals surface area contributed by atoms with E-state index in [0.717, 1.165) is 52.8 Å². The summed E-state index contributed by atoms with van der Waals surface area (Å²) in [4.78, 5) is 56.8. The van der Waals surface area contributed by atoms with E-state index in [-0.39, 0.29) is 49.4 Å². The third kappa shape index (κ3) is 31.8. The molecule has 0 atom stereocenters. The summed E-state index contributed by atoms with van der Waals surface area (Å²) in [6, 6.07) is 34.5. The minimum absolute atomic E-state index is 0. The van der Waals surface area contributed by atoms with Gasteiger partial charge in [-0.2, -0.15) is 25.7 Å².